The molecule has 1 aliphatic heterocycles. The zero-order valence-electron chi connectivity index (χ0n) is 12.1. The Morgan fingerprint density at radius 2 is 2.05 bits per heavy atom. The Kier molecular flexibility index (Phi) is 4.10. The normalized spacial score (nSPS) is 19.4. The second kappa shape index (κ2) is 5.61. The number of hydrogen-bond acceptors (Lipinski definition) is 3. The summed E-state index contributed by atoms with van der Waals surface area (Å²) in [4.78, 5) is 14.6. The highest BCUT2D eigenvalue weighted by Crippen LogP contribution is 2.25. The van der Waals surface area contributed by atoms with Crippen LogP contribution in [0.2, 0.25) is 0 Å². The van der Waals surface area contributed by atoms with Crippen molar-refractivity contribution in [3.8, 4) is 5.75 Å². The molecule has 104 valence electrons. The lowest BCUT2D eigenvalue weighted by molar-refractivity contribution is 0.0652. The van der Waals surface area contributed by atoms with Crippen LogP contribution >= 0.6 is 0 Å². The first-order valence-electron chi connectivity index (χ1n) is 6.71. The molecule has 0 bridgehead atoms. The number of piperazine rings is 1. The highest BCUT2D eigenvalue weighted by atomic mass is 16.5. The summed E-state index contributed by atoms with van der Waals surface area (Å²) in [7, 11) is 1.61. The maximum atomic E-state index is 12.7. The van der Waals surface area contributed by atoms with Gasteiger partial charge in [-0.25, -0.2) is 0 Å². The molecule has 1 aromatic rings. The number of amides is 1. The molecular weight excluding hydrogens is 240 g/mol. The van der Waals surface area contributed by atoms with Crippen molar-refractivity contribution < 1.29 is 9.53 Å². The predicted molar refractivity (Wildman–Crippen MR) is 75.8 cm³/mol. The van der Waals surface area contributed by atoms with Gasteiger partial charge < -0.3 is 15.0 Å². The zero-order valence-corrected chi connectivity index (χ0v) is 12.1. The van der Waals surface area contributed by atoms with Gasteiger partial charge in [-0.2, -0.15) is 0 Å². The SMILES string of the molecule is COc1cc(C)c(C)cc1C(=O)N1CCNCC1C. The number of methoxy groups -OCH3 is 1. The van der Waals surface area contributed by atoms with Crippen LogP contribution < -0.4 is 10.1 Å². The van der Waals surface area contributed by atoms with Crippen molar-refractivity contribution >= 4 is 5.91 Å². The third-order valence-electron chi connectivity index (χ3n) is 3.81. The van der Waals surface area contributed by atoms with Crippen molar-refractivity contribution in [1.29, 1.82) is 0 Å². The fourth-order valence-electron chi connectivity index (χ4n) is 2.42. The van der Waals surface area contributed by atoms with Crippen LogP contribution in [-0.2, 0) is 0 Å². The van der Waals surface area contributed by atoms with Crippen LogP contribution in [0.4, 0.5) is 0 Å². The van der Waals surface area contributed by atoms with Gasteiger partial charge in [-0.1, -0.05) is 0 Å². The van der Waals surface area contributed by atoms with E-state index in [2.05, 4.69) is 12.2 Å². The highest BCUT2D eigenvalue weighted by Gasteiger charge is 2.26. The van der Waals surface area contributed by atoms with E-state index in [1.54, 1.807) is 7.11 Å². The maximum absolute atomic E-state index is 12.7. The molecule has 1 N–H and O–H groups in total. The van der Waals surface area contributed by atoms with Crippen LogP contribution in [0, 0.1) is 13.8 Å². The minimum atomic E-state index is 0.0638. The topological polar surface area (TPSA) is 41.6 Å². The van der Waals surface area contributed by atoms with Gasteiger partial charge in [0.05, 0.1) is 12.7 Å². The van der Waals surface area contributed by atoms with Crippen molar-refractivity contribution in [2.75, 3.05) is 26.7 Å². The van der Waals surface area contributed by atoms with E-state index >= 15 is 0 Å². The Morgan fingerprint density at radius 1 is 1.37 bits per heavy atom. The van der Waals surface area contributed by atoms with Crippen molar-refractivity contribution in [1.82, 2.24) is 10.2 Å². The summed E-state index contributed by atoms with van der Waals surface area (Å²) >= 11 is 0. The number of ether oxygens (including phenoxy) is 1. The molecule has 0 aromatic heterocycles. The summed E-state index contributed by atoms with van der Waals surface area (Å²) < 4.78 is 5.37. The van der Waals surface area contributed by atoms with Crippen LogP contribution in [0.5, 0.6) is 5.75 Å². The number of carbonyl (C=O) groups is 1. The van der Waals surface area contributed by atoms with E-state index in [1.807, 2.05) is 30.9 Å². The van der Waals surface area contributed by atoms with Crippen LogP contribution in [0.15, 0.2) is 12.1 Å². The number of nitrogens with one attached hydrogen (secondary N) is 1. The first kappa shape index (κ1) is 13.9. The molecule has 0 spiro atoms. The number of aryl methyl sites for hydroxylation is 2. The van der Waals surface area contributed by atoms with Gasteiger partial charge in [0.1, 0.15) is 5.75 Å². The molecule has 19 heavy (non-hydrogen) atoms. The molecule has 1 atom stereocenters. The second-order valence-corrected chi connectivity index (χ2v) is 5.19. The monoisotopic (exact) mass is 262 g/mol. The van der Waals surface area contributed by atoms with Gasteiger partial charge in [0, 0.05) is 25.7 Å². The van der Waals surface area contributed by atoms with E-state index in [1.165, 1.54) is 0 Å². The first-order valence-corrected chi connectivity index (χ1v) is 6.71. The fourth-order valence-corrected chi connectivity index (χ4v) is 2.42. The van der Waals surface area contributed by atoms with Gasteiger partial charge in [-0.15, -0.1) is 0 Å². The van der Waals surface area contributed by atoms with Gasteiger partial charge in [0.25, 0.3) is 5.91 Å². The first-order chi connectivity index (χ1) is 9.04. The van der Waals surface area contributed by atoms with Gasteiger partial charge in [0.2, 0.25) is 0 Å². The molecule has 0 radical (unpaired) electrons. The van der Waals surface area contributed by atoms with Crippen LogP contribution in [0.3, 0.4) is 0 Å². The molecule has 0 aliphatic carbocycles. The molecule has 1 aromatic carbocycles. The molecular formula is C15H22N2O2. The van der Waals surface area contributed by atoms with Gasteiger partial charge in [-0.3, -0.25) is 4.79 Å². The standard InChI is InChI=1S/C15H22N2O2/c1-10-7-13(14(19-4)8-11(10)2)15(18)17-6-5-16-9-12(17)3/h7-8,12,16H,5-6,9H2,1-4H3. The van der Waals surface area contributed by atoms with Crippen LogP contribution in [0.1, 0.15) is 28.4 Å². The summed E-state index contributed by atoms with van der Waals surface area (Å²) in [5, 5.41) is 3.29. The van der Waals surface area contributed by atoms with Crippen LogP contribution in [0.25, 0.3) is 0 Å². The molecule has 4 heteroatoms. The van der Waals surface area contributed by atoms with E-state index in [4.69, 9.17) is 4.74 Å². The number of carbonyl (C=O) groups excluding carboxylic acids is 1. The molecule has 1 aliphatic rings. The molecule has 1 heterocycles. The van der Waals surface area contributed by atoms with E-state index in [-0.39, 0.29) is 11.9 Å². The summed E-state index contributed by atoms with van der Waals surface area (Å²) in [6, 6.07) is 4.09. The lowest BCUT2D eigenvalue weighted by Gasteiger charge is -2.34. The van der Waals surface area contributed by atoms with Gasteiger partial charge >= 0.3 is 0 Å². The Bertz CT molecular complexity index is 485. The molecule has 2 rings (SSSR count). The molecule has 1 unspecified atom stereocenters. The van der Waals surface area contributed by atoms with Crippen molar-refractivity contribution in [3.63, 3.8) is 0 Å². The maximum Gasteiger partial charge on any atom is 0.257 e. The molecule has 4 nitrogen and oxygen atoms in total. The fraction of sp³-hybridized carbons (Fsp3) is 0.533. The highest BCUT2D eigenvalue weighted by molar-refractivity contribution is 5.97. The predicted octanol–water partition coefficient (Wildman–Crippen LogP) is 1.75. The number of benzene rings is 1. The third kappa shape index (κ3) is 2.73. The van der Waals surface area contributed by atoms with E-state index in [0.29, 0.717) is 11.3 Å². The lowest BCUT2D eigenvalue weighted by atomic mass is 10.0. The largest absolute Gasteiger partial charge is 0.496 e. The Hall–Kier alpha value is -1.55. The number of hydrogen-bond donors (Lipinski definition) is 1. The van der Waals surface area contributed by atoms with Gasteiger partial charge in [-0.05, 0) is 44.0 Å². The van der Waals surface area contributed by atoms with Crippen molar-refractivity contribution in [2.24, 2.45) is 0 Å². The summed E-state index contributed by atoms with van der Waals surface area (Å²) in [5.74, 6) is 0.729. The van der Waals surface area contributed by atoms with Crippen LogP contribution in [-0.4, -0.2) is 43.6 Å². The van der Waals surface area contributed by atoms with Crippen molar-refractivity contribution in [2.45, 2.75) is 26.8 Å². The summed E-state index contributed by atoms with van der Waals surface area (Å²) in [5.41, 5.74) is 2.92. The smallest absolute Gasteiger partial charge is 0.257 e. The Labute approximate surface area is 114 Å². The average molecular weight is 262 g/mol. The Balaban J connectivity index is 2.34. The lowest BCUT2D eigenvalue weighted by Crippen LogP contribution is -2.52. The molecule has 1 amide bonds. The zero-order chi connectivity index (χ0) is 14.0. The van der Waals surface area contributed by atoms with Crippen molar-refractivity contribution in [3.05, 3.63) is 28.8 Å². The third-order valence-corrected chi connectivity index (χ3v) is 3.81. The average Bonchev–Trinajstić information content (AvgIpc) is 2.41. The number of nitrogens with zero attached hydrogens (tertiary/aromatic N) is 1. The van der Waals surface area contributed by atoms with E-state index in [0.717, 1.165) is 30.8 Å². The molecule has 0 saturated carbocycles. The second-order valence-electron chi connectivity index (χ2n) is 5.19. The number of rotatable bonds is 2. The molecule has 1 saturated heterocycles. The van der Waals surface area contributed by atoms with E-state index < -0.39 is 0 Å². The summed E-state index contributed by atoms with van der Waals surface area (Å²) in [6.07, 6.45) is 0. The Morgan fingerprint density at radius 3 is 2.68 bits per heavy atom. The van der Waals surface area contributed by atoms with E-state index in [9.17, 15) is 4.79 Å². The minimum Gasteiger partial charge on any atom is -0.496 e. The molecule has 1 fully saturated rings. The summed E-state index contributed by atoms with van der Waals surface area (Å²) in [6.45, 7) is 8.56. The van der Waals surface area contributed by atoms with Gasteiger partial charge in [0.15, 0.2) is 0 Å². The minimum absolute atomic E-state index is 0.0638. The quantitative estimate of drug-likeness (QED) is 0.883.